The highest BCUT2D eigenvalue weighted by Crippen LogP contribution is 2.23. The number of ether oxygens (including phenoxy) is 2. The van der Waals surface area contributed by atoms with Gasteiger partial charge in [0, 0.05) is 26.2 Å². The molecule has 0 aliphatic carbocycles. The summed E-state index contributed by atoms with van der Waals surface area (Å²) < 4.78 is 10.1. The SMILES string of the molecule is COCCNC(=O)[C@H]1CC[C@H](C)N(C(=O)Cc2ccc(OC)cc2)C1. The molecule has 0 unspecified atom stereocenters. The summed E-state index contributed by atoms with van der Waals surface area (Å²) in [4.78, 5) is 26.8. The first-order valence-electron chi connectivity index (χ1n) is 8.74. The average Bonchev–Trinajstić information content (AvgIpc) is 2.62. The summed E-state index contributed by atoms with van der Waals surface area (Å²) in [6.45, 7) is 3.52. The predicted octanol–water partition coefficient (Wildman–Crippen LogP) is 1.63. The smallest absolute Gasteiger partial charge is 0.227 e. The van der Waals surface area contributed by atoms with Gasteiger partial charge >= 0.3 is 0 Å². The topological polar surface area (TPSA) is 67.9 Å². The van der Waals surface area contributed by atoms with Gasteiger partial charge < -0.3 is 19.7 Å². The van der Waals surface area contributed by atoms with Crippen LogP contribution in [0.5, 0.6) is 5.75 Å². The normalized spacial score (nSPS) is 20.2. The Morgan fingerprint density at radius 1 is 1.20 bits per heavy atom. The summed E-state index contributed by atoms with van der Waals surface area (Å²) in [7, 11) is 3.22. The number of amides is 2. The monoisotopic (exact) mass is 348 g/mol. The van der Waals surface area contributed by atoms with Gasteiger partial charge in [-0.1, -0.05) is 12.1 Å². The van der Waals surface area contributed by atoms with E-state index in [9.17, 15) is 9.59 Å². The Balaban J connectivity index is 1.93. The molecule has 0 saturated carbocycles. The van der Waals surface area contributed by atoms with Gasteiger partial charge in [-0.25, -0.2) is 0 Å². The molecule has 1 heterocycles. The number of methoxy groups -OCH3 is 2. The molecule has 2 atom stereocenters. The maximum absolute atomic E-state index is 12.7. The van der Waals surface area contributed by atoms with Crippen LogP contribution in [0.2, 0.25) is 0 Å². The number of nitrogens with zero attached hydrogens (tertiary/aromatic N) is 1. The number of benzene rings is 1. The molecular formula is C19H28N2O4. The van der Waals surface area contributed by atoms with Crippen molar-refractivity contribution in [3.05, 3.63) is 29.8 Å². The van der Waals surface area contributed by atoms with E-state index in [0.717, 1.165) is 24.2 Å². The second-order valence-corrected chi connectivity index (χ2v) is 6.48. The van der Waals surface area contributed by atoms with Crippen LogP contribution >= 0.6 is 0 Å². The van der Waals surface area contributed by atoms with Crippen molar-refractivity contribution in [2.24, 2.45) is 5.92 Å². The quantitative estimate of drug-likeness (QED) is 0.761. The zero-order valence-electron chi connectivity index (χ0n) is 15.3. The maximum atomic E-state index is 12.7. The van der Waals surface area contributed by atoms with Crippen LogP contribution in [0.1, 0.15) is 25.3 Å². The van der Waals surface area contributed by atoms with E-state index in [1.807, 2.05) is 36.1 Å². The second-order valence-electron chi connectivity index (χ2n) is 6.48. The van der Waals surface area contributed by atoms with Gasteiger partial charge in [-0.3, -0.25) is 9.59 Å². The van der Waals surface area contributed by atoms with Crippen LogP contribution in [-0.4, -0.2) is 56.7 Å². The number of rotatable bonds is 7. The Kier molecular flexibility index (Phi) is 7.25. The van der Waals surface area contributed by atoms with Gasteiger partial charge in [0.15, 0.2) is 0 Å². The molecule has 138 valence electrons. The molecule has 1 N–H and O–H groups in total. The lowest BCUT2D eigenvalue weighted by Gasteiger charge is -2.37. The lowest BCUT2D eigenvalue weighted by atomic mass is 9.92. The molecule has 1 aromatic carbocycles. The molecule has 1 fully saturated rings. The fourth-order valence-corrected chi connectivity index (χ4v) is 3.11. The molecule has 1 aliphatic rings. The van der Waals surface area contributed by atoms with Gasteiger partial charge in [0.25, 0.3) is 0 Å². The number of hydrogen-bond donors (Lipinski definition) is 1. The van der Waals surface area contributed by atoms with Gasteiger partial charge in [-0.2, -0.15) is 0 Å². The molecule has 0 radical (unpaired) electrons. The summed E-state index contributed by atoms with van der Waals surface area (Å²) in [5, 5.41) is 2.87. The summed E-state index contributed by atoms with van der Waals surface area (Å²) in [5.74, 6) is 0.696. The Labute approximate surface area is 149 Å². The van der Waals surface area contributed by atoms with Crippen molar-refractivity contribution >= 4 is 11.8 Å². The molecule has 1 aliphatic heterocycles. The third-order valence-corrected chi connectivity index (χ3v) is 4.69. The summed E-state index contributed by atoms with van der Waals surface area (Å²) >= 11 is 0. The van der Waals surface area contributed by atoms with Crippen molar-refractivity contribution in [2.75, 3.05) is 33.9 Å². The number of hydrogen-bond acceptors (Lipinski definition) is 4. The lowest BCUT2D eigenvalue weighted by molar-refractivity contribution is -0.137. The van der Waals surface area contributed by atoms with E-state index in [4.69, 9.17) is 9.47 Å². The van der Waals surface area contributed by atoms with Gasteiger partial charge in [0.1, 0.15) is 5.75 Å². The van der Waals surface area contributed by atoms with Crippen molar-refractivity contribution in [1.82, 2.24) is 10.2 Å². The van der Waals surface area contributed by atoms with Gasteiger partial charge in [0.2, 0.25) is 11.8 Å². The number of nitrogens with one attached hydrogen (secondary N) is 1. The summed E-state index contributed by atoms with van der Waals surface area (Å²) in [6.07, 6.45) is 2.00. The molecule has 1 aromatic rings. The van der Waals surface area contributed by atoms with E-state index in [0.29, 0.717) is 26.1 Å². The number of carbonyl (C=O) groups is 2. The summed E-state index contributed by atoms with van der Waals surface area (Å²) in [6, 6.07) is 7.68. The Bertz CT molecular complexity index is 573. The zero-order chi connectivity index (χ0) is 18.2. The molecular weight excluding hydrogens is 320 g/mol. The molecule has 25 heavy (non-hydrogen) atoms. The van der Waals surface area contributed by atoms with Crippen LogP contribution in [0, 0.1) is 5.92 Å². The predicted molar refractivity (Wildman–Crippen MR) is 95.5 cm³/mol. The number of likely N-dealkylation sites (tertiary alicyclic amines) is 1. The van der Waals surface area contributed by atoms with Crippen molar-refractivity contribution in [3.8, 4) is 5.75 Å². The first-order chi connectivity index (χ1) is 12.0. The maximum Gasteiger partial charge on any atom is 0.227 e. The van der Waals surface area contributed by atoms with Crippen molar-refractivity contribution in [2.45, 2.75) is 32.2 Å². The van der Waals surface area contributed by atoms with E-state index in [1.165, 1.54) is 0 Å². The molecule has 2 rings (SSSR count). The van der Waals surface area contributed by atoms with E-state index in [-0.39, 0.29) is 23.8 Å². The highest BCUT2D eigenvalue weighted by Gasteiger charge is 2.32. The fraction of sp³-hybridized carbons (Fsp3) is 0.579. The zero-order valence-corrected chi connectivity index (χ0v) is 15.3. The molecule has 1 saturated heterocycles. The largest absolute Gasteiger partial charge is 0.497 e. The molecule has 6 heteroatoms. The van der Waals surface area contributed by atoms with E-state index >= 15 is 0 Å². The third-order valence-electron chi connectivity index (χ3n) is 4.69. The van der Waals surface area contributed by atoms with E-state index in [1.54, 1.807) is 14.2 Å². The summed E-state index contributed by atoms with van der Waals surface area (Å²) in [5.41, 5.74) is 0.949. The first kappa shape index (κ1) is 19.2. The van der Waals surface area contributed by atoms with Crippen molar-refractivity contribution in [1.29, 1.82) is 0 Å². The van der Waals surface area contributed by atoms with E-state index in [2.05, 4.69) is 5.32 Å². The van der Waals surface area contributed by atoms with Crippen LogP contribution in [0.15, 0.2) is 24.3 Å². The third kappa shape index (κ3) is 5.46. The number of piperidine rings is 1. The Morgan fingerprint density at radius 2 is 1.92 bits per heavy atom. The molecule has 0 bridgehead atoms. The van der Waals surface area contributed by atoms with Gasteiger partial charge in [-0.15, -0.1) is 0 Å². The number of carbonyl (C=O) groups excluding carboxylic acids is 2. The van der Waals surface area contributed by atoms with Crippen LogP contribution < -0.4 is 10.1 Å². The minimum atomic E-state index is -0.145. The van der Waals surface area contributed by atoms with Gasteiger partial charge in [0.05, 0.1) is 26.1 Å². The minimum Gasteiger partial charge on any atom is -0.497 e. The van der Waals surface area contributed by atoms with E-state index < -0.39 is 0 Å². The van der Waals surface area contributed by atoms with Crippen LogP contribution in [0.25, 0.3) is 0 Å². The molecule has 0 aromatic heterocycles. The highest BCUT2D eigenvalue weighted by atomic mass is 16.5. The highest BCUT2D eigenvalue weighted by molar-refractivity contribution is 5.82. The van der Waals surface area contributed by atoms with Crippen LogP contribution in [0.3, 0.4) is 0 Å². The average molecular weight is 348 g/mol. The lowest BCUT2D eigenvalue weighted by Crippen LogP contribution is -2.50. The molecule has 0 spiro atoms. The minimum absolute atomic E-state index is 0.00574. The standard InChI is InChI=1S/C19H28N2O4/c1-14-4-7-16(19(23)20-10-11-24-2)13-21(14)18(22)12-15-5-8-17(25-3)9-6-15/h5-6,8-9,14,16H,4,7,10-13H2,1-3H3,(H,20,23)/t14-,16-/m0/s1. The second kappa shape index (κ2) is 9.42. The van der Waals surface area contributed by atoms with Crippen molar-refractivity contribution < 1.29 is 19.1 Å². The van der Waals surface area contributed by atoms with Crippen LogP contribution in [0.4, 0.5) is 0 Å². The first-order valence-corrected chi connectivity index (χ1v) is 8.74. The Morgan fingerprint density at radius 3 is 2.56 bits per heavy atom. The Hall–Kier alpha value is -2.08. The van der Waals surface area contributed by atoms with Crippen LogP contribution in [-0.2, 0) is 20.7 Å². The molecule has 6 nitrogen and oxygen atoms in total. The molecule has 2 amide bonds. The fourth-order valence-electron chi connectivity index (χ4n) is 3.11. The van der Waals surface area contributed by atoms with Crippen molar-refractivity contribution in [3.63, 3.8) is 0 Å². The van der Waals surface area contributed by atoms with Gasteiger partial charge in [-0.05, 0) is 37.5 Å².